The number of ether oxygens (including phenoxy) is 1. The van der Waals surface area contributed by atoms with Crippen LogP contribution in [0.5, 0.6) is 0 Å². The predicted molar refractivity (Wildman–Crippen MR) is 159 cm³/mol. The van der Waals surface area contributed by atoms with Crippen LogP contribution in [-0.2, 0) is 30.5 Å². The highest BCUT2D eigenvalue weighted by Gasteiger charge is 2.54. The van der Waals surface area contributed by atoms with E-state index < -0.39 is 47.2 Å². The number of fused-ring (bicyclic) bond motifs is 1. The average molecular weight is 691 g/mol. The van der Waals surface area contributed by atoms with Gasteiger partial charge in [-0.3, -0.25) is 19.3 Å². The van der Waals surface area contributed by atoms with E-state index in [1.165, 1.54) is 29.7 Å². The summed E-state index contributed by atoms with van der Waals surface area (Å²) in [4.78, 5) is 94.5. The topological polar surface area (TPSA) is 261 Å². The Kier molecular flexibility index (Phi) is 8.57. The van der Waals surface area contributed by atoms with Gasteiger partial charge in [0.2, 0.25) is 11.9 Å². The lowest BCUT2D eigenvalue weighted by molar-refractivity contribution is -0.150. The average Bonchev–Trinajstić information content (AvgIpc) is 3.83. The van der Waals surface area contributed by atoms with Gasteiger partial charge in [0.05, 0.1) is 6.04 Å². The van der Waals surface area contributed by atoms with Gasteiger partial charge in [0.25, 0.3) is 11.8 Å². The molecule has 0 aliphatic carbocycles. The zero-order chi connectivity index (χ0) is 33.6. The molecule has 248 valence electrons. The van der Waals surface area contributed by atoms with Crippen LogP contribution in [0.25, 0.3) is 0 Å². The normalized spacial score (nSPS) is 24.0. The van der Waals surface area contributed by atoms with E-state index in [9.17, 15) is 38.8 Å². The van der Waals surface area contributed by atoms with Crippen LogP contribution in [0.3, 0.4) is 0 Å². The number of thioether (sulfide) groups is 1. The van der Waals surface area contributed by atoms with Crippen molar-refractivity contribution in [3.8, 4) is 0 Å². The summed E-state index contributed by atoms with van der Waals surface area (Å²) in [6.45, 7) is 2.13. The van der Waals surface area contributed by atoms with E-state index in [-0.39, 0.29) is 64.6 Å². The summed E-state index contributed by atoms with van der Waals surface area (Å²) < 4.78 is 18.6. The Bertz CT molecular complexity index is 1800. The SMILES string of the molecule is Cc1oc(=O)oc1COC(=O)N1CCC(N2CCC(=CC3=C(C(=O)O)N4C(=O)C(NC(=O)C(N=O)c5nsc(N)n5)C4SC3)C2=O)C1. The number of nitrogens with two attached hydrogens (primary N) is 1. The van der Waals surface area contributed by atoms with Crippen LogP contribution >= 0.6 is 23.3 Å². The summed E-state index contributed by atoms with van der Waals surface area (Å²) in [5, 5.41) is 14.5. The summed E-state index contributed by atoms with van der Waals surface area (Å²) in [5.41, 5.74) is 5.83. The van der Waals surface area contributed by atoms with Crippen LogP contribution in [0.2, 0.25) is 0 Å². The number of anilines is 1. The van der Waals surface area contributed by atoms with E-state index in [4.69, 9.17) is 19.3 Å². The molecule has 4 atom stereocenters. The highest BCUT2D eigenvalue weighted by Crippen LogP contribution is 2.41. The molecule has 0 spiro atoms. The summed E-state index contributed by atoms with van der Waals surface area (Å²) in [7, 11) is 0. The van der Waals surface area contributed by atoms with E-state index in [0.29, 0.717) is 31.5 Å². The highest BCUT2D eigenvalue weighted by molar-refractivity contribution is 8.00. The van der Waals surface area contributed by atoms with Crippen LogP contribution < -0.4 is 16.9 Å². The van der Waals surface area contributed by atoms with Crippen LogP contribution in [0.15, 0.2) is 41.7 Å². The lowest BCUT2D eigenvalue weighted by Crippen LogP contribution is -2.70. The number of amides is 4. The van der Waals surface area contributed by atoms with Gasteiger partial charge in [-0.1, -0.05) is 0 Å². The molecule has 4 N–H and O–H groups in total. The molecule has 2 aromatic rings. The van der Waals surface area contributed by atoms with Crippen molar-refractivity contribution in [2.75, 3.05) is 31.1 Å². The molecule has 47 heavy (non-hydrogen) atoms. The number of carbonyl (C=O) groups is 5. The van der Waals surface area contributed by atoms with Crippen molar-refractivity contribution < 1.29 is 42.7 Å². The Morgan fingerprint density at radius 1 is 1.26 bits per heavy atom. The van der Waals surface area contributed by atoms with Gasteiger partial charge in [0.15, 0.2) is 29.1 Å². The van der Waals surface area contributed by atoms with Gasteiger partial charge in [-0.05, 0) is 36.6 Å². The number of aryl methyl sites for hydroxylation is 1. The standard InChI is InChI=1S/C26H26N8O11S2/c1-10-14(45-26(41)44-10)8-43-25(40)32-4-3-13(7-32)33-5-2-11(20(33)36)6-12-9-46-22-16(21(37)34(22)17(12)23(38)39)28-19(35)15(30-42)18-29-24(27)47-31-18/h6,13,15-16,22H,2-5,7-9H2,1H3,(H,28,35)(H,38,39)(H2,27,29,31). The van der Waals surface area contributed by atoms with Crippen molar-refractivity contribution in [3.63, 3.8) is 0 Å². The van der Waals surface area contributed by atoms with Gasteiger partial charge in [-0.25, -0.2) is 19.4 Å². The van der Waals surface area contributed by atoms with Gasteiger partial charge in [0, 0.05) is 42.5 Å². The lowest BCUT2D eigenvalue weighted by Gasteiger charge is -2.49. The smallest absolute Gasteiger partial charge is 0.477 e. The molecule has 2 aromatic heterocycles. The summed E-state index contributed by atoms with van der Waals surface area (Å²) in [6, 6.07) is -3.06. The first kappa shape index (κ1) is 31.9. The zero-order valence-corrected chi connectivity index (χ0v) is 26.1. The maximum absolute atomic E-state index is 13.4. The molecule has 0 aromatic carbocycles. The number of hydrogen-bond donors (Lipinski definition) is 3. The second-order valence-electron chi connectivity index (χ2n) is 10.9. The molecular weight excluding hydrogens is 664 g/mol. The first-order chi connectivity index (χ1) is 22.5. The first-order valence-electron chi connectivity index (χ1n) is 14.1. The van der Waals surface area contributed by atoms with Gasteiger partial charge >= 0.3 is 17.9 Å². The number of nitrogens with zero attached hydrogens (tertiary/aromatic N) is 6. The molecule has 3 saturated heterocycles. The number of allylic oxidation sites excluding steroid dienone is 1. The number of aliphatic carboxylic acids is 1. The Labute approximate surface area is 271 Å². The molecule has 4 amide bonds. The van der Waals surface area contributed by atoms with Crippen LogP contribution in [0.4, 0.5) is 9.93 Å². The zero-order valence-electron chi connectivity index (χ0n) is 24.4. The largest absolute Gasteiger partial charge is 0.519 e. The molecule has 4 unspecified atom stereocenters. The molecule has 4 aliphatic heterocycles. The molecule has 6 rings (SSSR count). The van der Waals surface area contributed by atoms with E-state index in [2.05, 4.69) is 19.9 Å². The number of carboxylic acids is 1. The number of rotatable bonds is 9. The van der Waals surface area contributed by atoms with Crippen molar-refractivity contribution in [3.05, 3.63) is 55.8 Å². The van der Waals surface area contributed by atoms with Crippen LogP contribution in [-0.4, -0.2) is 102 Å². The molecule has 6 heterocycles. The van der Waals surface area contributed by atoms with Gasteiger partial charge in [-0.15, -0.1) is 16.7 Å². The third-order valence-electron chi connectivity index (χ3n) is 8.08. The molecule has 19 nitrogen and oxygen atoms in total. The van der Waals surface area contributed by atoms with E-state index in [1.54, 1.807) is 4.90 Å². The number of hydrogen-bond acceptors (Lipinski definition) is 16. The predicted octanol–water partition coefficient (Wildman–Crippen LogP) is 0.0908. The van der Waals surface area contributed by atoms with E-state index in [1.807, 2.05) is 0 Å². The fourth-order valence-corrected chi connectivity index (χ4v) is 7.54. The van der Waals surface area contributed by atoms with Crippen molar-refractivity contribution in [2.45, 2.75) is 49.9 Å². The number of nitrogens with one attached hydrogen (secondary N) is 1. The Hall–Kier alpha value is -5.05. The molecule has 0 saturated carbocycles. The summed E-state index contributed by atoms with van der Waals surface area (Å²) in [5.74, 6) is -4.00. The third-order valence-corrected chi connectivity index (χ3v) is 9.94. The fraction of sp³-hybridized carbons (Fsp3) is 0.462. The second-order valence-corrected chi connectivity index (χ2v) is 12.8. The minimum absolute atomic E-state index is 0.0255. The minimum Gasteiger partial charge on any atom is -0.477 e. The molecule has 4 aliphatic rings. The van der Waals surface area contributed by atoms with Gasteiger partial charge < -0.3 is 39.5 Å². The van der Waals surface area contributed by atoms with Crippen LogP contribution in [0.1, 0.15) is 36.2 Å². The van der Waals surface area contributed by atoms with E-state index >= 15 is 0 Å². The maximum Gasteiger partial charge on any atom is 0.519 e. The van der Waals surface area contributed by atoms with Gasteiger partial charge in [-0.2, -0.15) is 4.37 Å². The van der Waals surface area contributed by atoms with Crippen molar-refractivity contribution >= 4 is 58.2 Å². The minimum atomic E-state index is -1.64. The Morgan fingerprint density at radius 3 is 2.70 bits per heavy atom. The number of carboxylic acid groups (broad SMARTS) is 1. The number of aromatic nitrogens is 2. The molecule has 0 radical (unpaired) electrons. The monoisotopic (exact) mass is 690 g/mol. The Morgan fingerprint density at radius 2 is 2.04 bits per heavy atom. The quantitative estimate of drug-likeness (QED) is 0.179. The number of likely N-dealkylation sites (tertiary alicyclic amines) is 2. The number of β-lactam (4-membered cyclic amide) rings is 1. The molecular formula is C26H26N8O11S2. The number of nitroso groups, excluding NO2 is 1. The number of carbonyl (C=O) groups excluding carboxylic acids is 4. The first-order valence-corrected chi connectivity index (χ1v) is 15.9. The highest BCUT2D eigenvalue weighted by atomic mass is 32.2. The van der Waals surface area contributed by atoms with Crippen molar-refractivity contribution in [2.24, 2.45) is 5.18 Å². The molecule has 0 bridgehead atoms. The molecule has 21 heteroatoms. The molecule has 3 fully saturated rings. The Balaban J connectivity index is 1.09. The fourth-order valence-electron chi connectivity index (χ4n) is 5.77. The second kappa shape index (κ2) is 12.6. The van der Waals surface area contributed by atoms with E-state index in [0.717, 1.165) is 16.4 Å². The maximum atomic E-state index is 13.4. The van der Waals surface area contributed by atoms with Crippen molar-refractivity contribution in [1.82, 2.24) is 29.4 Å². The summed E-state index contributed by atoms with van der Waals surface area (Å²) in [6.07, 6.45) is 1.67. The van der Waals surface area contributed by atoms with Gasteiger partial charge in [0.1, 0.15) is 17.1 Å². The van der Waals surface area contributed by atoms with Crippen molar-refractivity contribution in [1.29, 1.82) is 0 Å². The third kappa shape index (κ3) is 5.98. The van der Waals surface area contributed by atoms with Crippen LogP contribution in [0, 0.1) is 11.8 Å². The summed E-state index contributed by atoms with van der Waals surface area (Å²) >= 11 is 1.96. The lowest BCUT2D eigenvalue weighted by atomic mass is 10.0. The number of nitrogen functional groups attached to an aromatic ring is 1.